The normalized spacial score (nSPS) is 10.9. The van der Waals surface area contributed by atoms with Gasteiger partial charge in [0.2, 0.25) is 0 Å². The third-order valence-electron chi connectivity index (χ3n) is 2.52. The molecule has 0 radical (unpaired) electrons. The van der Waals surface area contributed by atoms with Crippen LogP contribution in [0, 0.1) is 0 Å². The number of benzene rings is 1. The third-order valence-corrected chi connectivity index (χ3v) is 4.63. The van der Waals surface area contributed by atoms with Crippen molar-refractivity contribution in [2.24, 2.45) is 0 Å². The number of aromatic amines is 1. The van der Waals surface area contributed by atoms with Crippen molar-refractivity contribution in [1.29, 1.82) is 0 Å². The summed E-state index contributed by atoms with van der Waals surface area (Å²) in [6.45, 7) is 0. The fourth-order valence-electron chi connectivity index (χ4n) is 1.65. The van der Waals surface area contributed by atoms with Crippen molar-refractivity contribution in [2.45, 2.75) is 0 Å². The molecule has 1 N–H and O–H groups in total. The molecule has 19 heavy (non-hydrogen) atoms. The molecule has 0 unspecified atom stereocenters. The van der Waals surface area contributed by atoms with Crippen LogP contribution in [0.25, 0.3) is 21.8 Å². The van der Waals surface area contributed by atoms with Crippen LogP contribution in [0.2, 0.25) is 9.62 Å². The van der Waals surface area contributed by atoms with E-state index in [1.54, 1.807) is 0 Å². The Morgan fingerprint density at radius 2 is 1.89 bits per heavy atom. The van der Waals surface area contributed by atoms with E-state index in [1.165, 1.54) is 11.3 Å². The van der Waals surface area contributed by atoms with Crippen LogP contribution in [-0.4, -0.2) is 15.2 Å². The summed E-state index contributed by atoms with van der Waals surface area (Å²) in [5, 5.41) is 7.62. The second-order valence-electron chi connectivity index (χ2n) is 3.76. The first-order valence-electron chi connectivity index (χ1n) is 5.27. The van der Waals surface area contributed by atoms with Crippen molar-refractivity contribution < 1.29 is 0 Å². The molecule has 3 aromatic rings. The lowest BCUT2D eigenvalue weighted by Gasteiger charge is -1.95. The van der Waals surface area contributed by atoms with Crippen molar-refractivity contribution in [3.8, 4) is 21.8 Å². The number of aromatic nitrogens is 3. The van der Waals surface area contributed by atoms with Crippen LogP contribution in [0.4, 0.5) is 0 Å². The van der Waals surface area contributed by atoms with Gasteiger partial charge >= 0.3 is 0 Å². The van der Waals surface area contributed by atoms with E-state index in [9.17, 15) is 0 Å². The van der Waals surface area contributed by atoms with E-state index in [4.69, 9.17) is 23.2 Å². The highest BCUT2D eigenvalue weighted by atomic mass is 79.9. The second kappa shape index (κ2) is 5.25. The van der Waals surface area contributed by atoms with E-state index >= 15 is 0 Å². The maximum atomic E-state index is 6.02. The zero-order valence-electron chi connectivity index (χ0n) is 9.32. The summed E-state index contributed by atoms with van der Waals surface area (Å²) >= 11 is 16.6. The van der Waals surface area contributed by atoms with Gasteiger partial charge in [-0.1, -0.05) is 62.6 Å². The van der Waals surface area contributed by atoms with E-state index in [2.05, 4.69) is 31.1 Å². The van der Waals surface area contributed by atoms with Gasteiger partial charge in [-0.25, -0.2) is 4.98 Å². The second-order valence-corrected chi connectivity index (χ2v) is 6.62. The minimum absolute atomic E-state index is 0.390. The fraction of sp³-hybridized carbons (Fsp3) is 0. The summed E-state index contributed by atoms with van der Waals surface area (Å²) in [4.78, 5) is 4.77. The summed E-state index contributed by atoms with van der Waals surface area (Å²) in [5.41, 5.74) is 2.69. The lowest BCUT2D eigenvalue weighted by atomic mass is 10.1. The van der Waals surface area contributed by atoms with Crippen LogP contribution in [0.15, 0.2) is 34.8 Å². The Morgan fingerprint density at radius 3 is 2.53 bits per heavy atom. The van der Waals surface area contributed by atoms with E-state index in [-0.39, 0.29) is 0 Å². The first-order chi connectivity index (χ1) is 9.13. The number of nitrogens with one attached hydrogen (secondary N) is 1. The zero-order chi connectivity index (χ0) is 13.4. The molecule has 2 heterocycles. The van der Waals surface area contributed by atoms with Gasteiger partial charge in [-0.05, 0) is 18.2 Å². The fourth-order valence-corrected chi connectivity index (χ4v) is 3.28. The van der Waals surface area contributed by atoms with Gasteiger partial charge in [-0.2, -0.15) is 5.10 Å². The third kappa shape index (κ3) is 2.69. The van der Waals surface area contributed by atoms with Gasteiger partial charge in [0.05, 0.1) is 16.3 Å². The van der Waals surface area contributed by atoms with Crippen molar-refractivity contribution >= 4 is 50.5 Å². The smallest absolute Gasteiger partial charge is 0.185 e. The predicted octanol–water partition coefficient (Wildman–Crippen LogP) is 5.27. The highest BCUT2D eigenvalue weighted by molar-refractivity contribution is 9.10. The highest BCUT2D eigenvalue weighted by Gasteiger charge is 2.13. The van der Waals surface area contributed by atoms with Gasteiger partial charge in [0, 0.05) is 10.0 Å². The van der Waals surface area contributed by atoms with Crippen molar-refractivity contribution in [1.82, 2.24) is 15.2 Å². The first kappa shape index (κ1) is 13.1. The quantitative estimate of drug-likeness (QED) is 0.663. The Balaban J connectivity index is 1.99. The Kier molecular flexibility index (Phi) is 3.62. The van der Waals surface area contributed by atoms with Crippen molar-refractivity contribution in [3.05, 3.63) is 44.4 Å². The van der Waals surface area contributed by atoms with Gasteiger partial charge < -0.3 is 0 Å². The van der Waals surface area contributed by atoms with Gasteiger partial charge in [-0.15, -0.1) is 0 Å². The van der Waals surface area contributed by atoms with Crippen molar-refractivity contribution in [2.75, 3.05) is 0 Å². The van der Waals surface area contributed by atoms with E-state index < -0.39 is 0 Å². The van der Waals surface area contributed by atoms with Crippen LogP contribution in [0.1, 0.15) is 0 Å². The number of H-pyrrole nitrogens is 1. The monoisotopic (exact) mass is 373 g/mol. The first-order valence-corrected chi connectivity index (χ1v) is 7.63. The number of hydrogen-bond acceptors (Lipinski definition) is 3. The lowest BCUT2D eigenvalue weighted by molar-refractivity contribution is 1.10. The van der Waals surface area contributed by atoms with Gasteiger partial charge in [-0.3, -0.25) is 5.10 Å². The topological polar surface area (TPSA) is 41.6 Å². The van der Waals surface area contributed by atoms with Crippen LogP contribution < -0.4 is 0 Å². The van der Waals surface area contributed by atoms with Crippen LogP contribution >= 0.6 is 50.5 Å². The molecule has 2 aromatic heterocycles. The average Bonchev–Trinajstić information content (AvgIpc) is 2.97. The zero-order valence-corrected chi connectivity index (χ0v) is 13.2. The summed E-state index contributed by atoms with van der Waals surface area (Å²) in [6.07, 6.45) is 0. The van der Waals surface area contributed by atoms with Crippen LogP contribution in [-0.2, 0) is 0 Å². The molecule has 3 nitrogen and oxygen atoms in total. The molecule has 0 saturated heterocycles. The molecule has 96 valence electrons. The largest absolute Gasteiger partial charge is 0.276 e. The molecule has 0 aliphatic rings. The van der Waals surface area contributed by atoms with Gasteiger partial charge in [0.1, 0.15) is 0 Å². The minimum atomic E-state index is 0.390. The van der Waals surface area contributed by atoms with Gasteiger partial charge in [0.25, 0.3) is 0 Å². The highest BCUT2D eigenvalue weighted by Crippen LogP contribution is 2.36. The molecule has 0 amide bonds. The van der Waals surface area contributed by atoms with Crippen LogP contribution in [0.5, 0.6) is 0 Å². The SMILES string of the molecule is Clc1nc(Cl)c(-c2cc(-c3ccc(Br)cc3)n[nH]2)s1. The van der Waals surface area contributed by atoms with E-state index in [0.717, 1.165) is 26.3 Å². The molecule has 0 aliphatic heterocycles. The Morgan fingerprint density at radius 1 is 1.16 bits per heavy atom. The maximum Gasteiger partial charge on any atom is 0.185 e. The molecule has 0 aliphatic carbocycles. The predicted molar refractivity (Wildman–Crippen MR) is 82.9 cm³/mol. The molecule has 1 aromatic carbocycles. The summed E-state index contributed by atoms with van der Waals surface area (Å²) < 4.78 is 1.45. The number of rotatable bonds is 2. The molecule has 0 atom stereocenters. The molecule has 0 saturated carbocycles. The molecule has 0 bridgehead atoms. The Bertz CT molecular complexity index is 721. The maximum absolute atomic E-state index is 6.02. The number of halogens is 3. The molecule has 3 rings (SSSR count). The Hall–Kier alpha value is -0.880. The molecule has 7 heteroatoms. The average molecular weight is 375 g/mol. The number of thiazole rings is 1. The standard InChI is InChI=1S/C12H6BrCl2N3S/c13-7-3-1-6(2-4-7)8-5-9(18-17-8)10-11(14)16-12(15)19-10/h1-5H,(H,17,18). The molecular weight excluding hydrogens is 369 g/mol. The van der Waals surface area contributed by atoms with E-state index in [0.29, 0.717) is 9.62 Å². The molecule has 0 fully saturated rings. The van der Waals surface area contributed by atoms with E-state index in [1.807, 2.05) is 30.3 Å². The number of nitrogens with zero attached hydrogens (tertiary/aromatic N) is 2. The molecule has 0 spiro atoms. The Labute approximate surface area is 131 Å². The number of hydrogen-bond donors (Lipinski definition) is 1. The van der Waals surface area contributed by atoms with Gasteiger partial charge in [0.15, 0.2) is 9.62 Å². The lowest BCUT2D eigenvalue weighted by Crippen LogP contribution is -1.76. The molecular formula is C12H6BrCl2N3S. The minimum Gasteiger partial charge on any atom is -0.276 e. The van der Waals surface area contributed by atoms with Crippen LogP contribution in [0.3, 0.4) is 0 Å². The summed E-state index contributed by atoms with van der Waals surface area (Å²) in [7, 11) is 0. The van der Waals surface area contributed by atoms with Crippen molar-refractivity contribution in [3.63, 3.8) is 0 Å². The summed E-state index contributed by atoms with van der Waals surface area (Å²) in [6, 6.07) is 9.86. The summed E-state index contributed by atoms with van der Waals surface area (Å²) in [5.74, 6) is 0.